The number of benzene rings is 1. The van der Waals surface area contributed by atoms with E-state index in [0.717, 1.165) is 24.1 Å². The fourth-order valence-corrected chi connectivity index (χ4v) is 3.19. The molecule has 0 amide bonds. The molecule has 1 fully saturated rings. The van der Waals surface area contributed by atoms with Gasteiger partial charge in [-0.3, -0.25) is 9.69 Å². The fraction of sp³-hybridized carbons (Fsp3) is 0.550. The Morgan fingerprint density at radius 2 is 1.91 bits per heavy atom. The lowest BCUT2D eigenvalue weighted by atomic mass is 9.87. The van der Waals surface area contributed by atoms with Gasteiger partial charge in [-0.1, -0.05) is 49.7 Å². The molecule has 0 aromatic heterocycles. The molecule has 1 atom stereocenters. The monoisotopic (exact) mass is 313 g/mol. The van der Waals surface area contributed by atoms with Crippen LogP contribution in [0.3, 0.4) is 0 Å². The Balaban J connectivity index is 2.08. The maximum Gasteiger partial charge on any atom is 0.313 e. The number of ether oxygens (including phenoxy) is 1. The molecule has 0 radical (unpaired) electrons. The summed E-state index contributed by atoms with van der Waals surface area (Å²) in [6, 6.07) is 8.05. The van der Waals surface area contributed by atoms with Crippen LogP contribution in [0.1, 0.15) is 49.1 Å². The highest BCUT2D eigenvalue weighted by molar-refractivity contribution is 5.78. The number of hydrogen-bond acceptors (Lipinski definition) is 3. The molecular formula is C20H27NO2. The van der Waals surface area contributed by atoms with E-state index < -0.39 is 0 Å². The first-order chi connectivity index (χ1) is 11.1. The van der Waals surface area contributed by atoms with Crippen LogP contribution in [0.2, 0.25) is 0 Å². The Kier molecular flexibility index (Phi) is 6.67. The van der Waals surface area contributed by atoms with Crippen molar-refractivity contribution in [2.75, 3.05) is 27.7 Å². The summed E-state index contributed by atoms with van der Waals surface area (Å²) in [5, 5.41) is 0. The van der Waals surface area contributed by atoms with Crippen molar-refractivity contribution >= 4 is 5.97 Å². The quantitative estimate of drug-likeness (QED) is 0.616. The van der Waals surface area contributed by atoms with E-state index in [2.05, 4.69) is 11.8 Å². The molecule has 23 heavy (non-hydrogen) atoms. The van der Waals surface area contributed by atoms with E-state index in [0.29, 0.717) is 5.92 Å². The maximum absolute atomic E-state index is 12.2. The summed E-state index contributed by atoms with van der Waals surface area (Å²) in [5.74, 6) is 6.66. The highest BCUT2D eigenvalue weighted by Gasteiger charge is 2.27. The molecule has 1 aromatic rings. The zero-order valence-electron chi connectivity index (χ0n) is 14.5. The number of hydrogen-bond donors (Lipinski definition) is 0. The van der Waals surface area contributed by atoms with Crippen LogP contribution in [0.5, 0.6) is 0 Å². The molecule has 1 aliphatic carbocycles. The first kappa shape index (κ1) is 17.6. The van der Waals surface area contributed by atoms with Gasteiger partial charge in [-0.05, 0) is 44.1 Å². The molecule has 0 heterocycles. The SMILES string of the molecule is COC(=O)C(CC1CCCC1)c1ccc(C#CCN(C)C)cc1. The summed E-state index contributed by atoms with van der Waals surface area (Å²) < 4.78 is 5.03. The van der Waals surface area contributed by atoms with Crippen molar-refractivity contribution in [2.45, 2.75) is 38.0 Å². The number of carbonyl (C=O) groups excluding carboxylic acids is 1. The van der Waals surface area contributed by atoms with Crippen molar-refractivity contribution in [2.24, 2.45) is 5.92 Å². The summed E-state index contributed by atoms with van der Waals surface area (Å²) in [7, 11) is 5.48. The van der Waals surface area contributed by atoms with Crippen molar-refractivity contribution in [3.8, 4) is 11.8 Å². The third-order valence-electron chi connectivity index (χ3n) is 4.47. The lowest BCUT2D eigenvalue weighted by Crippen LogP contribution is -2.17. The van der Waals surface area contributed by atoms with Gasteiger partial charge in [0.15, 0.2) is 0 Å². The molecule has 3 heteroatoms. The maximum atomic E-state index is 12.2. The topological polar surface area (TPSA) is 29.5 Å². The zero-order valence-corrected chi connectivity index (χ0v) is 14.5. The van der Waals surface area contributed by atoms with Crippen LogP contribution in [0, 0.1) is 17.8 Å². The van der Waals surface area contributed by atoms with Crippen LogP contribution in [0.4, 0.5) is 0 Å². The number of methoxy groups -OCH3 is 1. The molecular weight excluding hydrogens is 286 g/mol. The second kappa shape index (κ2) is 8.74. The van der Waals surface area contributed by atoms with Crippen molar-refractivity contribution in [1.29, 1.82) is 0 Å². The third kappa shape index (κ3) is 5.41. The van der Waals surface area contributed by atoms with Gasteiger partial charge in [0, 0.05) is 5.56 Å². The van der Waals surface area contributed by atoms with Gasteiger partial charge < -0.3 is 4.74 Å². The van der Waals surface area contributed by atoms with Crippen molar-refractivity contribution in [1.82, 2.24) is 4.90 Å². The van der Waals surface area contributed by atoms with Crippen LogP contribution >= 0.6 is 0 Å². The molecule has 1 unspecified atom stereocenters. The minimum Gasteiger partial charge on any atom is -0.469 e. The van der Waals surface area contributed by atoms with Crippen molar-refractivity contribution < 1.29 is 9.53 Å². The van der Waals surface area contributed by atoms with E-state index in [4.69, 9.17) is 4.74 Å². The Hall–Kier alpha value is -1.79. The molecule has 3 nitrogen and oxygen atoms in total. The van der Waals surface area contributed by atoms with Crippen LogP contribution in [-0.4, -0.2) is 38.6 Å². The van der Waals surface area contributed by atoms with E-state index in [9.17, 15) is 4.79 Å². The van der Waals surface area contributed by atoms with Gasteiger partial charge in [0.25, 0.3) is 0 Å². The van der Waals surface area contributed by atoms with E-state index in [1.54, 1.807) is 0 Å². The summed E-state index contributed by atoms with van der Waals surface area (Å²) in [4.78, 5) is 14.2. The standard InChI is InChI=1S/C20H27NO2/c1-21(2)14-6-9-16-10-12-18(13-11-16)19(20(22)23-3)15-17-7-4-5-8-17/h10-13,17,19H,4-5,7-8,14-15H2,1-3H3. The smallest absolute Gasteiger partial charge is 0.313 e. The summed E-state index contributed by atoms with van der Waals surface area (Å²) in [6.45, 7) is 0.744. The van der Waals surface area contributed by atoms with Gasteiger partial charge in [-0.2, -0.15) is 0 Å². The Labute approximate surface area is 140 Å². The normalized spacial score (nSPS) is 16.0. The molecule has 0 bridgehead atoms. The average Bonchev–Trinajstić information content (AvgIpc) is 3.05. The second-order valence-corrected chi connectivity index (χ2v) is 6.62. The van der Waals surface area contributed by atoms with Gasteiger partial charge in [0.1, 0.15) is 0 Å². The largest absolute Gasteiger partial charge is 0.469 e. The average molecular weight is 313 g/mol. The molecule has 1 aromatic carbocycles. The predicted octanol–water partition coefficient (Wildman–Crippen LogP) is 3.44. The molecule has 0 saturated heterocycles. The number of nitrogens with zero attached hydrogens (tertiary/aromatic N) is 1. The third-order valence-corrected chi connectivity index (χ3v) is 4.47. The van der Waals surface area contributed by atoms with Crippen LogP contribution in [-0.2, 0) is 9.53 Å². The molecule has 0 aliphatic heterocycles. The molecule has 0 N–H and O–H groups in total. The van der Waals surface area contributed by atoms with Crippen molar-refractivity contribution in [3.63, 3.8) is 0 Å². The van der Waals surface area contributed by atoms with E-state index in [1.807, 2.05) is 43.3 Å². The number of esters is 1. The van der Waals surface area contributed by atoms with Gasteiger partial charge >= 0.3 is 5.97 Å². The first-order valence-corrected chi connectivity index (χ1v) is 8.41. The van der Waals surface area contributed by atoms with Crippen LogP contribution in [0.25, 0.3) is 0 Å². The van der Waals surface area contributed by atoms with E-state index >= 15 is 0 Å². The fourth-order valence-electron chi connectivity index (χ4n) is 3.19. The Bertz CT molecular complexity index is 560. The van der Waals surface area contributed by atoms with Gasteiger partial charge in [0.2, 0.25) is 0 Å². The Morgan fingerprint density at radius 1 is 1.26 bits per heavy atom. The lowest BCUT2D eigenvalue weighted by Gasteiger charge is -2.19. The Morgan fingerprint density at radius 3 is 2.48 bits per heavy atom. The number of carbonyl (C=O) groups is 1. The zero-order chi connectivity index (χ0) is 16.7. The minimum atomic E-state index is -0.146. The van der Waals surface area contributed by atoms with E-state index in [1.165, 1.54) is 32.8 Å². The van der Waals surface area contributed by atoms with Gasteiger partial charge in [0.05, 0.1) is 19.6 Å². The van der Waals surface area contributed by atoms with Gasteiger partial charge in [-0.15, -0.1) is 0 Å². The highest BCUT2D eigenvalue weighted by Crippen LogP contribution is 2.34. The number of rotatable bonds is 5. The van der Waals surface area contributed by atoms with Crippen molar-refractivity contribution in [3.05, 3.63) is 35.4 Å². The first-order valence-electron chi connectivity index (χ1n) is 8.41. The summed E-state index contributed by atoms with van der Waals surface area (Å²) in [6.07, 6.45) is 5.96. The lowest BCUT2D eigenvalue weighted by molar-refractivity contribution is -0.142. The minimum absolute atomic E-state index is 0.122. The molecule has 124 valence electrons. The molecule has 1 saturated carbocycles. The molecule has 2 rings (SSSR count). The predicted molar refractivity (Wildman–Crippen MR) is 93.2 cm³/mol. The molecule has 1 aliphatic rings. The molecule has 0 spiro atoms. The van der Waals surface area contributed by atoms with Crippen LogP contribution < -0.4 is 0 Å². The van der Waals surface area contributed by atoms with Gasteiger partial charge in [-0.25, -0.2) is 0 Å². The van der Waals surface area contributed by atoms with E-state index in [-0.39, 0.29) is 11.9 Å². The second-order valence-electron chi connectivity index (χ2n) is 6.62. The summed E-state index contributed by atoms with van der Waals surface area (Å²) in [5.41, 5.74) is 2.03. The summed E-state index contributed by atoms with van der Waals surface area (Å²) >= 11 is 0. The van der Waals surface area contributed by atoms with Crippen LogP contribution in [0.15, 0.2) is 24.3 Å². The highest BCUT2D eigenvalue weighted by atomic mass is 16.5.